The van der Waals surface area contributed by atoms with Gasteiger partial charge in [0.2, 0.25) is 0 Å². The third kappa shape index (κ3) is 2.84. The highest BCUT2D eigenvalue weighted by atomic mass is 32.2. The lowest BCUT2D eigenvalue weighted by molar-refractivity contribution is 0.597. The zero-order valence-corrected chi connectivity index (χ0v) is 15.2. The van der Waals surface area contributed by atoms with Gasteiger partial charge in [-0.25, -0.2) is 8.42 Å². The molecule has 126 valence electrons. The summed E-state index contributed by atoms with van der Waals surface area (Å²) in [6, 6.07) is 11.2. The van der Waals surface area contributed by atoms with Crippen LogP contribution in [0.3, 0.4) is 0 Å². The summed E-state index contributed by atoms with van der Waals surface area (Å²) in [6.45, 7) is 7.86. The Kier molecular flexibility index (Phi) is 4.22. The van der Waals surface area contributed by atoms with E-state index in [-0.39, 0.29) is 11.7 Å². The minimum atomic E-state index is -3.24. The van der Waals surface area contributed by atoms with Crippen molar-refractivity contribution in [3.63, 3.8) is 0 Å². The number of rotatable bonds is 4. The van der Waals surface area contributed by atoms with Gasteiger partial charge in [-0.1, -0.05) is 32.9 Å². The van der Waals surface area contributed by atoms with E-state index in [0.717, 1.165) is 33.5 Å². The number of H-pyrrole nitrogens is 1. The highest BCUT2D eigenvalue weighted by Crippen LogP contribution is 2.36. The van der Waals surface area contributed by atoms with Gasteiger partial charge in [0.15, 0.2) is 9.84 Å². The number of hydrogen-bond acceptors (Lipinski definition) is 3. The molecule has 1 N–H and O–H groups in total. The fraction of sp³-hybridized carbons (Fsp3) is 0.316. The molecule has 0 saturated carbocycles. The molecule has 0 aliphatic rings. The zero-order valence-electron chi connectivity index (χ0n) is 14.4. The minimum Gasteiger partial charge on any atom is -0.356 e. The van der Waals surface area contributed by atoms with Gasteiger partial charge in [0.1, 0.15) is 0 Å². The Bertz CT molecular complexity index is 1000. The lowest BCUT2D eigenvalue weighted by Gasteiger charge is -2.10. The molecule has 0 spiro atoms. The third-order valence-electron chi connectivity index (χ3n) is 4.25. The monoisotopic (exact) mass is 342 g/mol. The molecule has 0 amide bonds. The highest BCUT2D eigenvalue weighted by molar-refractivity contribution is 7.91. The number of aryl methyl sites for hydroxylation is 1. The Labute approximate surface area is 142 Å². The number of fused-ring (bicyclic) bond motifs is 1. The van der Waals surface area contributed by atoms with Gasteiger partial charge in [-0.15, -0.1) is 0 Å². The maximum atomic E-state index is 12.2. The molecule has 2 aromatic heterocycles. The number of benzene rings is 1. The third-order valence-corrected chi connectivity index (χ3v) is 5.98. The number of aromatic nitrogens is 2. The van der Waals surface area contributed by atoms with E-state index in [0.29, 0.717) is 4.90 Å². The average Bonchev–Trinajstić information content (AvgIpc) is 2.93. The first-order valence-corrected chi connectivity index (χ1v) is 9.81. The summed E-state index contributed by atoms with van der Waals surface area (Å²) in [4.78, 5) is 8.50. The first-order valence-electron chi connectivity index (χ1n) is 8.16. The van der Waals surface area contributed by atoms with Crippen molar-refractivity contribution in [3.05, 3.63) is 47.8 Å². The lowest BCUT2D eigenvalue weighted by atomic mass is 9.99. The second-order valence-corrected chi connectivity index (χ2v) is 8.63. The van der Waals surface area contributed by atoms with E-state index in [9.17, 15) is 8.42 Å². The molecule has 0 aliphatic heterocycles. The summed E-state index contributed by atoms with van der Waals surface area (Å²) in [7, 11) is -3.24. The van der Waals surface area contributed by atoms with Crippen LogP contribution in [0.15, 0.2) is 41.3 Å². The van der Waals surface area contributed by atoms with E-state index in [4.69, 9.17) is 0 Å². The molecule has 0 saturated heterocycles. The van der Waals surface area contributed by atoms with Gasteiger partial charge in [-0.2, -0.15) is 0 Å². The molecular formula is C19H22N2O2S. The maximum absolute atomic E-state index is 12.2. The van der Waals surface area contributed by atoms with Crippen molar-refractivity contribution < 1.29 is 8.42 Å². The molecule has 0 bridgehead atoms. The van der Waals surface area contributed by atoms with Crippen molar-refractivity contribution in [3.8, 4) is 11.1 Å². The molecule has 0 radical (unpaired) electrons. The summed E-state index contributed by atoms with van der Waals surface area (Å²) < 4.78 is 24.5. The van der Waals surface area contributed by atoms with Crippen molar-refractivity contribution in [2.75, 3.05) is 5.75 Å². The summed E-state index contributed by atoms with van der Waals surface area (Å²) in [5.41, 5.74) is 5.77. The van der Waals surface area contributed by atoms with Crippen molar-refractivity contribution in [2.45, 2.75) is 38.5 Å². The summed E-state index contributed by atoms with van der Waals surface area (Å²) in [5, 5.41) is 0. The molecular weight excluding hydrogens is 320 g/mol. The van der Waals surface area contributed by atoms with Crippen LogP contribution in [0.5, 0.6) is 0 Å². The number of nitrogens with one attached hydrogen (secondary N) is 1. The van der Waals surface area contributed by atoms with Gasteiger partial charge in [0.05, 0.1) is 21.7 Å². The normalized spacial score (nSPS) is 12.2. The maximum Gasteiger partial charge on any atom is 0.178 e. The van der Waals surface area contributed by atoms with Gasteiger partial charge >= 0.3 is 0 Å². The Balaban J connectivity index is 2.31. The smallest absolute Gasteiger partial charge is 0.178 e. The molecule has 2 heterocycles. The molecule has 3 aromatic rings. The van der Waals surface area contributed by atoms with E-state index < -0.39 is 9.84 Å². The number of nitrogens with zero attached hydrogens (tertiary/aromatic N) is 1. The van der Waals surface area contributed by atoms with E-state index in [1.165, 1.54) is 0 Å². The highest BCUT2D eigenvalue weighted by Gasteiger charge is 2.19. The first-order chi connectivity index (χ1) is 11.3. The van der Waals surface area contributed by atoms with Crippen molar-refractivity contribution in [1.29, 1.82) is 0 Å². The topological polar surface area (TPSA) is 62.8 Å². The predicted molar refractivity (Wildman–Crippen MR) is 98.1 cm³/mol. The van der Waals surface area contributed by atoms with Crippen molar-refractivity contribution in [1.82, 2.24) is 9.97 Å². The Hall–Kier alpha value is -2.14. The molecule has 0 unspecified atom stereocenters. The van der Waals surface area contributed by atoms with Crippen molar-refractivity contribution >= 4 is 20.9 Å². The molecule has 0 aliphatic carbocycles. The molecule has 5 heteroatoms. The number of sulfone groups is 1. The molecule has 1 aromatic carbocycles. The van der Waals surface area contributed by atoms with Crippen LogP contribution < -0.4 is 0 Å². The van der Waals surface area contributed by atoms with Crippen LogP contribution in [0.4, 0.5) is 0 Å². The first kappa shape index (κ1) is 16.7. The van der Waals surface area contributed by atoms with E-state index >= 15 is 0 Å². The minimum absolute atomic E-state index is 0.0960. The lowest BCUT2D eigenvalue weighted by Crippen LogP contribution is -2.03. The van der Waals surface area contributed by atoms with E-state index in [1.54, 1.807) is 25.1 Å². The van der Waals surface area contributed by atoms with Gasteiger partial charge < -0.3 is 4.98 Å². The second-order valence-electron chi connectivity index (χ2n) is 6.35. The number of pyridine rings is 1. The Morgan fingerprint density at radius 1 is 1.17 bits per heavy atom. The van der Waals surface area contributed by atoms with Crippen molar-refractivity contribution in [2.24, 2.45) is 0 Å². The molecule has 4 nitrogen and oxygen atoms in total. The van der Waals surface area contributed by atoms with Crippen LogP contribution in [-0.2, 0) is 9.84 Å². The van der Waals surface area contributed by atoms with Crippen LogP contribution in [0.1, 0.15) is 38.1 Å². The fourth-order valence-electron chi connectivity index (χ4n) is 2.92. The van der Waals surface area contributed by atoms with Crippen LogP contribution in [-0.4, -0.2) is 24.1 Å². The second kappa shape index (κ2) is 6.06. The molecule has 0 fully saturated rings. The van der Waals surface area contributed by atoms with E-state index in [1.807, 2.05) is 25.1 Å². The zero-order chi connectivity index (χ0) is 17.5. The summed E-state index contributed by atoms with van der Waals surface area (Å²) in [6.07, 6.45) is 0. The van der Waals surface area contributed by atoms with Gasteiger partial charge in [-0.3, -0.25) is 4.98 Å². The standard InChI is InChI=1S/C19H22N2O2S/c1-5-24(22,23)15-8-6-7-14(11-15)17-18(12(2)3)21-16-10-9-13(4)20-19(16)17/h6-12,21H,5H2,1-4H3. The Morgan fingerprint density at radius 3 is 2.58 bits per heavy atom. The largest absolute Gasteiger partial charge is 0.356 e. The molecule has 0 atom stereocenters. The average molecular weight is 342 g/mol. The van der Waals surface area contributed by atoms with Gasteiger partial charge in [0, 0.05) is 17.0 Å². The van der Waals surface area contributed by atoms with Crippen LogP contribution in [0, 0.1) is 6.92 Å². The predicted octanol–water partition coefficient (Wildman–Crippen LogP) is 4.46. The Morgan fingerprint density at radius 2 is 1.92 bits per heavy atom. The summed E-state index contributed by atoms with van der Waals surface area (Å²) >= 11 is 0. The van der Waals surface area contributed by atoms with Crippen LogP contribution in [0.2, 0.25) is 0 Å². The fourth-order valence-corrected chi connectivity index (χ4v) is 3.85. The van der Waals surface area contributed by atoms with Crippen LogP contribution in [0.25, 0.3) is 22.2 Å². The van der Waals surface area contributed by atoms with Crippen LogP contribution >= 0.6 is 0 Å². The number of hydrogen-bond donors (Lipinski definition) is 1. The number of aromatic amines is 1. The van der Waals surface area contributed by atoms with Gasteiger partial charge in [0.25, 0.3) is 0 Å². The van der Waals surface area contributed by atoms with E-state index in [2.05, 4.69) is 23.8 Å². The van der Waals surface area contributed by atoms with Gasteiger partial charge in [-0.05, 0) is 42.7 Å². The SMILES string of the molecule is CCS(=O)(=O)c1cccc(-c2c(C(C)C)[nH]c3ccc(C)nc23)c1. The molecule has 3 rings (SSSR count). The quantitative estimate of drug-likeness (QED) is 0.761. The molecule has 24 heavy (non-hydrogen) atoms. The summed E-state index contributed by atoms with van der Waals surface area (Å²) in [5.74, 6) is 0.375.